The molecule has 6 nitrogen and oxygen atoms in total. The summed E-state index contributed by atoms with van der Waals surface area (Å²) in [5.41, 5.74) is 2.08. The number of hydrogen-bond acceptors (Lipinski definition) is 4. The monoisotopic (exact) mass is 426 g/mol. The first-order chi connectivity index (χ1) is 14.1. The summed E-state index contributed by atoms with van der Waals surface area (Å²) < 4.78 is 0. The van der Waals surface area contributed by atoms with Gasteiger partial charge in [0, 0.05) is 10.9 Å². The molecule has 0 aliphatic rings. The van der Waals surface area contributed by atoms with Crippen molar-refractivity contribution in [3.8, 4) is 11.5 Å². The van der Waals surface area contributed by atoms with Gasteiger partial charge < -0.3 is 20.4 Å². The molecule has 0 aliphatic carbocycles. The van der Waals surface area contributed by atoms with Crippen molar-refractivity contribution in [1.29, 1.82) is 0 Å². The smallest absolute Gasteiger partial charge is 0.339 e. The number of aromatic carboxylic acids is 2. The predicted molar refractivity (Wildman–Crippen MR) is 112 cm³/mol. The molecule has 0 unspecified atom stereocenters. The summed E-state index contributed by atoms with van der Waals surface area (Å²) in [5.74, 6) is -3.76. The van der Waals surface area contributed by atoms with Crippen LogP contribution < -0.4 is 0 Å². The van der Waals surface area contributed by atoms with Crippen molar-refractivity contribution < 1.29 is 30.0 Å². The van der Waals surface area contributed by atoms with Crippen LogP contribution in [0.4, 0.5) is 0 Å². The minimum atomic E-state index is -1.28. The highest BCUT2D eigenvalue weighted by Crippen LogP contribution is 2.38. The molecule has 0 bridgehead atoms. The molecule has 0 saturated carbocycles. The molecular weight excluding hydrogens is 408 g/mol. The van der Waals surface area contributed by atoms with E-state index in [2.05, 4.69) is 0 Å². The molecule has 0 amide bonds. The number of benzene rings is 3. The van der Waals surface area contributed by atoms with E-state index in [1.807, 2.05) is 0 Å². The zero-order valence-corrected chi connectivity index (χ0v) is 16.9. The van der Waals surface area contributed by atoms with E-state index in [4.69, 9.17) is 11.6 Å². The van der Waals surface area contributed by atoms with Crippen molar-refractivity contribution in [2.45, 2.75) is 19.8 Å². The molecule has 0 aliphatic heterocycles. The Balaban J connectivity index is 2.33. The molecule has 0 radical (unpaired) electrons. The number of phenols is 2. The number of carbonyl (C=O) groups is 2. The van der Waals surface area contributed by atoms with E-state index in [1.54, 1.807) is 50.2 Å². The third-order valence-corrected chi connectivity index (χ3v) is 5.23. The number of aryl methyl sites for hydroxylation is 2. The Morgan fingerprint density at radius 1 is 0.733 bits per heavy atom. The summed E-state index contributed by atoms with van der Waals surface area (Å²) in [6, 6.07) is 12.9. The van der Waals surface area contributed by atoms with Gasteiger partial charge in [0.15, 0.2) is 0 Å². The molecular formula is C23H19ClO6. The van der Waals surface area contributed by atoms with E-state index in [9.17, 15) is 30.0 Å². The van der Waals surface area contributed by atoms with Crippen LogP contribution in [0.5, 0.6) is 11.5 Å². The Morgan fingerprint density at radius 2 is 1.13 bits per heavy atom. The standard InChI is InChI=1S/C23H19ClO6/c1-11-7-14(9-17(20(11)25)22(27)28)19(13-3-5-16(24)6-4-13)15-8-12(2)21(26)18(10-15)23(29)30/h3-10,19,25-26H,1-2H3,(H,27,28)(H,29,30). The van der Waals surface area contributed by atoms with E-state index in [-0.39, 0.29) is 22.6 Å². The van der Waals surface area contributed by atoms with Gasteiger partial charge in [-0.3, -0.25) is 0 Å². The molecule has 154 valence electrons. The molecule has 0 saturated heterocycles. The van der Waals surface area contributed by atoms with Crippen LogP contribution in [0.1, 0.15) is 54.5 Å². The maximum atomic E-state index is 11.6. The third kappa shape index (κ3) is 3.95. The summed E-state index contributed by atoms with van der Waals surface area (Å²) in [6.07, 6.45) is 0. The van der Waals surface area contributed by atoms with Crippen LogP contribution in [0, 0.1) is 13.8 Å². The van der Waals surface area contributed by atoms with Gasteiger partial charge in [0.05, 0.1) is 0 Å². The largest absolute Gasteiger partial charge is 0.507 e. The molecule has 7 heteroatoms. The number of halogens is 1. The molecule has 0 spiro atoms. The third-order valence-electron chi connectivity index (χ3n) is 4.98. The van der Waals surface area contributed by atoms with Crippen molar-refractivity contribution in [2.24, 2.45) is 0 Å². The summed E-state index contributed by atoms with van der Waals surface area (Å²) in [7, 11) is 0. The average Bonchev–Trinajstić information content (AvgIpc) is 2.68. The summed E-state index contributed by atoms with van der Waals surface area (Å²) in [6.45, 7) is 3.18. The zero-order chi connectivity index (χ0) is 22.2. The molecule has 3 rings (SSSR count). The lowest BCUT2D eigenvalue weighted by atomic mass is 9.82. The first-order valence-electron chi connectivity index (χ1n) is 8.99. The average molecular weight is 427 g/mol. The van der Waals surface area contributed by atoms with Gasteiger partial charge in [-0.1, -0.05) is 35.9 Å². The zero-order valence-electron chi connectivity index (χ0n) is 16.2. The van der Waals surface area contributed by atoms with Gasteiger partial charge in [0.1, 0.15) is 22.6 Å². The fourth-order valence-electron chi connectivity index (χ4n) is 3.51. The van der Waals surface area contributed by atoms with Crippen molar-refractivity contribution in [3.05, 3.63) is 92.5 Å². The fourth-order valence-corrected chi connectivity index (χ4v) is 3.63. The van der Waals surface area contributed by atoms with Gasteiger partial charge in [0.25, 0.3) is 0 Å². The molecule has 0 heterocycles. The molecule has 4 N–H and O–H groups in total. The number of hydrogen-bond donors (Lipinski definition) is 4. The highest BCUT2D eigenvalue weighted by atomic mass is 35.5. The van der Waals surface area contributed by atoms with Crippen molar-refractivity contribution in [1.82, 2.24) is 0 Å². The highest BCUT2D eigenvalue weighted by Gasteiger charge is 2.24. The summed E-state index contributed by atoms with van der Waals surface area (Å²) >= 11 is 6.01. The number of carboxylic acid groups (broad SMARTS) is 2. The molecule has 30 heavy (non-hydrogen) atoms. The van der Waals surface area contributed by atoms with E-state index in [1.165, 1.54) is 12.1 Å². The maximum Gasteiger partial charge on any atom is 0.339 e. The summed E-state index contributed by atoms with van der Waals surface area (Å²) in [5, 5.41) is 39.8. The first kappa shape index (κ1) is 21.2. The quantitative estimate of drug-likeness (QED) is 0.429. The number of aromatic hydroxyl groups is 2. The second kappa shape index (κ2) is 8.08. The lowest BCUT2D eigenvalue weighted by molar-refractivity contribution is 0.0682. The lowest BCUT2D eigenvalue weighted by Gasteiger charge is -2.22. The van der Waals surface area contributed by atoms with Crippen LogP contribution in [-0.2, 0) is 0 Å². The van der Waals surface area contributed by atoms with Crippen molar-refractivity contribution >= 4 is 23.5 Å². The topological polar surface area (TPSA) is 115 Å². The molecule has 0 aromatic heterocycles. The van der Waals surface area contributed by atoms with E-state index >= 15 is 0 Å². The van der Waals surface area contributed by atoms with Crippen molar-refractivity contribution in [2.75, 3.05) is 0 Å². The van der Waals surface area contributed by atoms with Gasteiger partial charge in [-0.25, -0.2) is 9.59 Å². The SMILES string of the molecule is Cc1cc(C(c2ccc(Cl)cc2)c2cc(C)c(O)c(C(=O)O)c2)cc(C(=O)O)c1O. The van der Waals surface area contributed by atoms with Crippen LogP contribution in [0.15, 0.2) is 48.5 Å². The second-order valence-corrected chi connectivity index (χ2v) is 7.50. The van der Waals surface area contributed by atoms with Crippen LogP contribution in [0.3, 0.4) is 0 Å². The van der Waals surface area contributed by atoms with Crippen LogP contribution in [0.2, 0.25) is 5.02 Å². The Labute approximate surface area is 177 Å². The minimum absolute atomic E-state index is 0.252. The Kier molecular flexibility index (Phi) is 5.71. The van der Waals surface area contributed by atoms with E-state index < -0.39 is 17.9 Å². The molecule has 3 aromatic rings. The Bertz CT molecular complexity index is 1080. The highest BCUT2D eigenvalue weighted by molar-refractivity contribution is 6.30. The van der Waals surface area contributed by atoms with Gasteiger partial charge in [0.2, 0.25) is 0 Å². The van der Waals surface area contributed by atoms with Gasteiger partial charge >= 0.3 is 11.9 Å². The van der Waals surface area contributed by atoms with Crippen LogP contribution in [0.25, 0.3) is 0 Å². The van der Waals surface area contributed by atoms with Gasteiger partial charge in [-0.05, 0) is 65.9 Å². The molecule has 0 fully saturated rings. The van der Waals surface area contributed by atoms with Crippen LogP contribution in [-0.4, -0.2) is 32.4 Å². The predicted octanol–water partition coefficient (Wildman–Crippen LogP) is 4.94. The summed E-state index contributed by atoms with van der Waals surface area (Å²) in [4.78, 5) is 23.2. The van der Waals surface area contributed by atoms with Crippen LogP contribution >= 0.6 is 11.6 Å². The molecule has 0 atom stereocenters. The maximum absolute atomic E-state index is 11.6. The second-order valence-electron chi connectivity index (χ2n) is 7.06. The normalized spacial score (nSPS) is 10.9. The van der Waals surface area contributed by atoms with Gasteiger partial charge in [-0.2, -0.15) is 0 Å². The van der Waals surface area contributed by atoms with Crippen molar-refractivity contribution in [3.63, 3.8) is 0 Å². The Morgan fingerprint density at radius 3 is 1.50 bits per heavy atom. The lowest BCUT2D eigenvalue weighted by Crippen LogP contribution is -2.09. The van der Waals surface area contributed by atoms with E-state index in [0.29, 0.717) is 27.3 Å². The Hall–Kier alpha value is -3.51. The number of carboxylic acids is 2. The van der Waals surface area contributed by atoms with Gasteiger partial charge in [-0.15, -0.1) is 0 Å². The number of rotatable bonds is 5. The molecule has 3 aromatic carbocycles. The first-order valence-corrected chi connectivity index (χ1v) is 9.37. The van der Waals surface area contributed by atoms with E-state index in [0.717, 1.165) is 5.56 Å². The minimum Gasteiger partial charge on any atom is -0.507 e. The fraction of sp³-hybridized carbons (Fsp3) is 0.130.